The molecule has 0 saturated carbocycles. The van der Waals surface area contributed by atoms with E-state index in [0.717, 1.165) is 28.3 Å². The van der Waals surface area contributed by atoms with E-state index in [1.54, 1.807) is 13.2 Å². The van der Waals surface area contributed by atoms with Crippen molar-refractivity contribution >= 4 is 5.91 Å². The molecule has 1 aliphatic heterocycles. The van der Waals surface area contributed by atoms with Crippen LogP contribution in [0.5, 0.6) is 5.75 Å². The highest BCUT2D eigenvalue weighted by atomic mass is 16.5. The van der Waals surface area contributed by atoms with Gasteiger partial charge in [-0.15, -0.1) is 0 Å². The van der Waals surface area contributed by atoms with Crippen LogP contribution in [0.2, 0.25) is 0 Å². The largest absolute Gasteiger partial charge is 0.496 e. The van der Waals surface area contributed by atoms with Gasteiger partial charge in [-0.2, -0.15) is 5.10 Å². The van der Waals surface area contributed by atoms with Crippen molar-refractivity contribution in [3.63, 3.8) is 0 Å². The second kappa shape index (κ2) is 7.47. The average molecular weight is 412 g/mol. The second-order valence-electron chi connectivity index (χ2n) is 7.90. The number of methoxy groups -OCH3 is 1. The molecular formula is C25H24N4O2. The van der Waals surface area contributed by atoms with Crippen molar-refractivity contribution in [1.82, 2.24) is 19.2 Å². The molecular weight excluding hydrogens is 388 g/mol. The van der Waals surface area contributed by atoms with Gasteiger partial charge in [-0.05, 0) is 49.7 Å². The summed E-state index contributed by atoms with van der Waals surface area (Å²) >= 11 is 0. The zero-order valence-electron chi connectivity index (χ0n) is 17.9. The summed E-state index contributed by atoms with van der Waals surface area (Å²) in [5, 5.41) is 4.95. The van der Waals surface area contributed by atoms with Gasteiger partial charge in [0, 0.05) is 18.0 Å². The van der Waals surface area contributed by atoms with Gasteiger partial charge in [-0.3, -0.25) is 4.79 Å². The third-order valence-corrected chi connectivity index (χ3v) is 5.78. The van der Waals surface area contributed by atoms with Crippen LogP contribution in [-0.2, 0) is 13.1 Å². The van der Waals surface area contributed by atoms with Crippen molar-refractivity contribution < 1.29 is 9.53 Å². The van der Waals surface area contributed by atoms with E-state index in [2.05, 4.69) is 36.6 Å². The fourth-order valence-corrected chi connectivity index (χ4v) is 4.29. The number of para-hydroxylation sites is 1. The molecule has 1 amide bonds. The number of rotatable bonds is 4. The van der Waals surface area contributed by atoms with Gasteiger partial charge in [-0.25, -0.2) is 4.68 Å². The Morgan fingerprint density at radius 2 is 1.77 bits per heavy atom. The summed E-state index contributed by atoms with van der Waals surface area (Å²) in [5.74, 6) is 1.51. The molecule has 1 aliphatic rings. The number of amides is 1. The van der Waals surface area contributed by atoms with Crippen LogP contribution in [0.3, 0.4) is 0 Å². The fraction of sp³-hybridized carbons (Fsp3) is 0.200. The Balaban J connectivity index is 1.56. The van der Waals surface area contributed by atoms with Crippen LogP contribution >= 0.6 is 0 Å². The van der Waals surface area contributed by atoms with E-state index < -0.39 is 0 Å². The van der Waals surface area contributed by atoms with Crippen molar-refractivity contribution in [2.75, 3.05) is 7.11 Å². The van der Waals surface area contributed by atoms with Crippen molar-refractivity contribution in [3.8, 4) is 17.3 Å². The third-order valence-electron chi connectivity index (χ3n) is 5.78. The van der Waals surface area contributed by atoms with Gasteiger partial charge in [-0.1, -0.05) is 29.8 Å². The molecule has 0 radical (unpaired) electrons. The maximum atomic E-state index is 13.2. The SMILES string of the molecule is COc1ccccc1C(=O)N1Cc2nn(-c3ccc(C)cc3C)c(-n3cccc3)c2C1. The lowest BCUT2D eigenvalue weighted by Gasteiger charge is -2.19. The maximum absolute atomic E-state index is 13.2. The molecule has 0 aliphatic carbocycles. The standard InChI is InChI=1S/C25H24N4O2/c1-17-10-11-22(18(2)14-17)29-24(27-12-6-7-13-27)20-15-28(16-21(20)26-29)25(30)19-8-4-5-9-23(19)31-3/h4-14H,15-16H2,1-3H3. The average Bonchev–Trinajstić information content (AvgIpc) is 3.49. The third kappa shape index (κ3) is 3.20. The molecule has 0 unspecified atom stereocenters. The molecule has 0 spiro atoms. The molecule has 5 rings (SSSR count). The highest BCUT2D eigenvalue weighted by Gasteiger charge is 2.32. The maximum Gasteiger partial charge on any atom is 0.258 e. The van der Waals surface area contributed by atoms with Gasteiger partial charge in [0.15, 0.2) is 0 Å². The Hall–Kier alpha value is -3.80. The molecule has 31 heavy (non-hydrogen) atoms. The molecule has 6 heteroatoms. The van der Waals surface area contributed by atoms with Gasteiger partial charge in [0.2, 0.25) is 0 Å². The van der Waals surface area contributed by atoms with E-state index in [0.29, 0.717) is 24.4 Å². The fourth-order valence-electron chi connectivity index (χ4n) is 4.29. The minimum atomic E-state index is -0.0491. The van der Waals surface area contributed by atoms with Crippen LogP contribution in [0.1, 0.15) is 32.7 Å². The molecule has 0 saturated heterocycles. The Kier molecular flexibility index (Phi) is 4.62. The number of aryl methyl sites for hydroxylation is 2. The number of hydrogen-bond acceptors (Lipinski definition) is 3. The van der Waals surface area contributed by atoms with Crippen LogP contribution in [0, 0.1) is 13.8 Å². The Labute approximate surface area is 181 Å². The molecule has 4 aromatic rings. The van der Waals surface area contributed by atoms with E-state index in [9.17, 15) is 4.79 Å². The summed E-state index contributed by atoms with van der Waals surface area (Å²) < 4.78 is 9.47. The molecule has 3 heterocycles. The molecule has 0 fully saturated rings. The number of aromatic nitrogens is 3. The van der Waals surface area contributed by atoms with E-state index in [1.165, 1.54) is 5.56 Å². The smallest absolute Gasteiger partial charge is 0.258 e. The monoisotopic (exact) mass is 412 g/mol. The Morgan fingerprint density at radius 1 is 1.00 bits per heavy atom. The highest BCUT2D eigenvalue weighted by Crippen LogP contribution is 2.33. The number of ether oxygens (including phenoxy) is 1. The summed E-state index contributed by atoms with van der Waals surface area (Å²) in [6, 6.07) is 17.7. The van der Waals surface area contributed by atoms with Gasteiger partial charge in [0.25, 0.3) is 5.91 Å². The predicted molar refractivity (Wildman–Crippen MR) is 119 cm³/mol. The predicted octanol–water partition coefficient (Wildman–Crippen LogP) is 4.44. The number of fused-ring (bicyclic) bond motifs is 1. The molecule has 6 nitrogen and oxygen atoms in total. The first-order valence-corrected chi connectivity index (χ1v) is 10.3. The number of nitrogens with zero attached hydrogens (tertiary/aromatic N) is 4. The van der Waals surface area contributed by atoms with Gasteiger partial charge >= 0.3 is 0 Å². The summed E-state index contributed by atoms with van der Waals surface area (Å²) in [5.41, 5.74) is 5.99. The Bertz CT molecular complexity index is 1270. The first-order chi connectivity index (χ1) is 15.1. The minimum absolute atomic E-state index is 0.0491. The Morgan fingerprint density at radius 3 is 2.52 bits per heavy atom. The molecule has 0 bridgehead atoms. The van der Waals surface area contributed by atoms with Crippen LogP contribution in [0.25, 0.3) is 11.5 Å². The summed E-state index contributed by atoms with van der Waals surface area (Å²) in [6.45, 7) is 5.17. The summed E-state index contributed by atoms with van der Waals surface area (Å²) in [7, 11) is 1.59. The van der Waals surface area contributed by atoms with Crippen LogP contribution < -0.4 is 4.74 Å². The molecule has 2 aromatic heterocycles. The van der Waals surface area contributed by atoms with Crippen LogP contribution in [0.4, 0.5) is 0 Å². The van der Waals surface area contributed by atoms with Crippen LogP contribution in [0.15, 0.2) is 67.0 Å². The number of benzene rings is 2. The second-order valence-corrected chi connectivity index (χ2v) is 7.90. The molecule has 2 aromatic carbocycles. The highest BCUT2D eigenvalue weighted by molar-refractivity contribution is 5.97. The van der Waals surface area contributed by atoms with Crippen molar-refractivity contribution in [2.45, 2.75) is 26.9 Å². The molecule has 0 N–H and O–H groups in total. The quantitative estimate of drug-likeness (QED) is 0.498. The van der Waals surface area contributed by atoms with Crippen molar-refractivity contribution in [2.24, 2.45) is 0 Å². The molecule has 156 valence electrons. The van der Waals surface area contributed by atoms with E-state index in [4.69, 9.17) is 9.84 Å². The lowest BCUT2D eigenvalue weighted by molar-refractivity contribution is 0.0746. The topological polar surface area (TPSA) is 52.3 Å². The van der Waals surface area contributed by atoms with Crippen LogP contribution in [-0.4, -0.2) is 32.3 Å². The van der Waals surface area contributed by atoms with E-state index in [-0.39, 0.29) is 5.91 Å². The van der Waals surface area contributed by atoms with E-state index in [1.807, 2.05) is 52.3 Å². The minimum Gasteiger partial charge on any atom is -0.496 e. The summed E-state index contributed by atoms with van der Waals surface area (Å²) in [4.78, 5) is 15.1. The van der Waals surface area contributed by atoms with Gasteiger partial charge in [0.1, 0.15) is 11.6 Å². The zero-order valence-corrected chi connectivity index (χ0v) is 17.9. The normalized spacial score (nSPS) is 12.8. The van der Waals surface area contributed by atoms with Crippen molar-refractivity contribution in [3.05, 3.63) is 94.9 Å². The van der Waals surface area contributed by atoms with Gasteiger partial charge in [0.05, 0.1) is 37.1 Å². The number of carbonyl (C=O) groups excluding carboxylic acids is 1. The zero-order chi connectivity index (χ0) is 21.5. The van der Waals surface area contributed by atoms with E-state index >= 15 is 0 Å². The first kappa shape index (κ1) is 19.2. The molecule has 0 atom stereocenters. The summed E-state index contributed by atoms with van der Waals surface area (Å²) in [6.07, 6.45) is 4.03. The number of carbonyl (C=O) groups is 1. The first-order valence-electron chi connectivity index (χ1n) is 10.3. The van der Waals surface area contributed by atoms with Crippen molar-refractivity contribution in [1.29, 1.82) is 0 Å². The van der Waals surface area contributed by atoms with Gasteiger partial charge < -0.3 is 14.2 Å². The lowest BCUT2D eigenvalue weighted by Crippen LogP contribution is -2.26. The number of hydrogen-bond donors (Lipinski definition) is 0. The lowest BCUT2D eigenvalue weighted by atomic mass is 10.1.